The molecule has 23 heavy (non-hydrogen) atoms. The Labute approximate surface area is 134 Å². The molecule has 1 aromatic carbocycles. The largest absolute Gasteiger partial charge is 0.358 e. The second kappa shape index (κ2) is 6.63. The molecule has 0 aliphatic carbocycles. The third-order valence-corrected chi connectivity index (χ3v) is 5.89. The fourth-order valence-electron chi connectivity index (χ4n) is 2.70. The molecule has 1 aliphatic heterocycles. The first-order valence-electron chi connectivity index (χ1n) is 7.27. The zero-order chi connectivity index (χ0) is 17.2. The van der Waals surface area contributed by atoms with Gasteiger partial charge in [-0.2, -0.15) is 4.31 Å². The van der Waals surface area contributed by atoms with Gasteiger partial charge in [-0.25, -0.2) is 8.42 Å². The van der Waals surface area contributed by atoms with Crippen molar-refractivity contribution in [2.45, 2.75) is 37.1 Å². The molecular formula is C14H19N3O5S. The molecule has 126 valence electrons. The monoisotopic (exact) mass is 341 g/mol. The number of sulfonamides is 1. The van der Waals surface area contributed by atoms with Crippen molar-refractivity contribution < 1.29 is 18.1 Å². The number of nitrogens with zero attached hydrogens (tertiary/aromatic N) is 2. The zero-order valence-corrected chi connectivity index (χ0v) is 13.8. The smallest absolute Gasteiger partial charge is 0.273 e. The van der Waals surface area contributed by atoms with Crippen molar-refractivity contribution in [3.05, 3.63) is 33.9 Å². The highest BCUT2D eigenvalue weighted by atomic mass is 32.2. The molecule has 0 aromatic heterocycles. The topological polar surface area (TPSA) is 110 Å². The SMILES string of the molecule is CNC(=O)[C@@H]1CCCCN1S(=O)(=O)c1ccc(C)c([N+](=O)[O-])c1. The third-order valence-electron chi connectivity index (χ3n) is 3.99. The number of likely N-dealkylation sites (N-methyl/N-ethyl adjacent to an activating group) is 1. The third kappa shape index (κ3) is 3.35. The van der Waals surface area contributed by atoms with Gasteiger partial charge < -0.3 is 5.32 Å². The van der Waals surface area contributed by atoms with E-state index in [2.05, 4.69) is 5.32 Å². The highest BCUT2D eigenvalue weighted by molar-refractivity contribution is 7.89. The number of piperidine rings is 1. The van der Waals surface area contributed by atoms with Gasteiger partial charge in [-0.05, 0) is 25.8 Å². The molecule has 8 nitrogen and oxygen atoms in total. The van der Waals surface area contributed by atoms with Gasteiger partial charge in [-0.3, -0.25) is 14.9 Å². The van der Waals surface area contributed by atoms with E-state index in [0.29, 0.717) is 18.4 Å². The quantitative estimate of drug-likeness (QED) is 0.653. The van der Waals surface area contributed by atoms with E-state index < -0.39 is 21.0 Å². The van der Waals surface area contributed by atoms with E-state index in [4.69, 9.17) is 0 Å². The Bertz CT molecular complexity index is 732. The molecule has 1 saturated heterocycles. The summed E-state index contributed by atoms with van der Waals surface area (Å²) in [6.07, 6.45) is 1.85. The average Bonchev–Trinajstić information content (AvgIpc) is 2.54. The second-order valence-electron chi connectivity index (χ2n) is 5.45. The van der Waals surface area contributed by atoms with Crippen molar-refractivity contribution in [3.63, 3.8) is 0 Å². The summed E-state index contributed by atoms with van der Waals surface area (Å²) in [4.78, 5) is 22.2. The summed E-state index contributed by atoms with van der Waals surface area (Å²) in [6, 6.07) is 3.02. The molecule has 0 unspecified atom stereocenters. The molecule has 9 heteroatoms. The predicted molar refractivity (Wildman–Crippen MR) is 83.4 cm³/mol. The van der Waals surface area contributed by atoms with Crippen LogP contribution in [0.1, 0.15) is 24.8 Å². The van der Waals surface area contributed by atoms with Crippen LogP contribution in [0.15, 0.2) is 23.1 Å². The van der Waals surface area contributed by atoms with E-state index >= 15 is 0 Å². The van der Waals surface area contributed by atoms with Crippen molar-refractivity contribution in [3.8, 4) is 0 Å². The second-order valence-corrected chi connectivity index (χ2v) is 7.34. The van der Waals surface area contributed by atoms with Gasteiger partial charge in [-0.1, -0.05) is 12.5 Å². The van der Waals surface area contributed by atoms with Crippen LogP contribution in [0.25, 0.3) is 0 Å². The molecular weight excluding hydrogens is 322 g/mol. The Morgan fingerprint density at radius 3 is 2.70 bits per heavy atom. The number of nitro groups is 1. The fourth-order valence-corrected chi connectivity index (χ4v) is 4.38. The number of hydrogen-bond donors (Lipinski definition) is 1. The lowest BCUT2D eigenvalue weighted by Gasteiger charge is -2.33. The van der Waals surface area contributed by atoms with Crippen LogP contribution in [0.5, 0.6) is 0 Å². The van der Waals surface area contributed by atoms with Crippen LogP contribution >= 0.6 is 0 Å². The number of rotatable bonds is 4. The van der Waals surface area contributed by atoms with E-state index in [1.165, 1.54) is 19.2 Å². The lowest BCUT2D eigenvalue weighted by molar-refractivity contribution is -0.385. The summed E-state index contributed by atoms with van der Waals surface area (Å²) < 4.78 is 26.8. The molecule has 0 bridgehead atoms. The zero-order valence-electron chi connectivity index (χ0n) is 13.0. The number of nitro benzene ring substituents is 1. The highest BCUT2D eigenvalue weighted by Crippen LogP contribution is 2.28. The normalized spacial score (nSPS) is 19.3. The van der Waals surface area contributed by atoms with Gasteiger partial charge in [0, 0.05) is 25.2 Å². The number of nitrogens with one attached hydrogen (secondary N) is 1. The maximum Gasteiger partial charge on any atom is 0.273 e. The van der Waals surface area contributed by atoms with Gasteiger partial charge >= 0.3 is 0 Å². The number of carbonyl (C=O) groups is 1. The summed E-state index contributed by atoms with van der Waals surface area (Å²) in [5.74, 6) is -0.366. The van der Waals surface area contributed by atoms with E-state index in [9.17, 15) is 23.3 Å². The first-order valence-corrected chi connectivity index (χ1v) is 8.71. The first-order chi connectivity index (χ1) is 10.8. The Morgan fingerprint density at radius 1 is 1.39 bits per heavy atom. The average molecular weight is 341 g/mol. The molecule has 1 aliphatic rings. The summed E-state index contributed by atoms with van der Waals surface area (Å²) in [5, 5.41) is 13.5. The Balaban J connectivity index is 2.46. The minimum atomic E-state index is -3.97. The number of aryl methyl sites for hydroxylation is 1. The molecule has 0 radical (unpaired) electrons. The van der Waals surface area contributed by atoms with Gasteiger partial charge in [0.05, 0.1) is 9.82 Å². The number of carbonyl (C=O) groups excluding carboxylic acids is 1. The van der Waals surface area contributed by atoms with Crippen molar-refractivity contribution in [1.82, 2.24) is 9.62 Å². The van der Waals surface area contributed by atoms with Crippen LogP contribution in [0.4, 0.5) is 5.69 Å². The summed E-state index contributed by atoms with van der Waals surface area (Å²) in [5.41, 5.74) is 0.134. The number of benzene rings is 1. The van der Waals surface area contributed by atoms with Crippen LogP contribution in [0.3, 0.4) is 0 Å². The predicted octanol–water partition coefficient (Wildman–Crippen LogP) is 1.19. The Hall–Kier alpha value is -2.00. The number of amides is 1. The molecule has 0 saturated carbocycles. The highest BCUT2D eigenvalue weighted by Gasteiger charge is 2.37. The maximum atomic E-state index is 12.8. The molecule has 1 atom stereocenters. The van der Waals surface area contributed by atoms with Gasteiger partial charge in [0.25, 0.3) is 5.69 Å². The van der Waals surface area contributed by atoms with E-state index in [0.717, 1.165) is 16.8 Å². The van der Waals surface area contributed by atoms with Gasteiger partial charge in [0.2, 0.25) is 15.9 Å². The van der Waals surface area contributed by atoms with E-state index in [1.807, 2.05) is 0 Å². The van der Waals surface area contributed by atoms with Crippen molar-refractivity contribution in [1.29, 1.82) is 0 Å². The lowest BCUT2D eigenvalue weighted by atomic mass is 10.0. The van der Waals surface area contributed by atoms with Crippen LogP contribution in [-0.4, -0.2) is 43.2 Å². The summed E-state index contributed by atoms with van der Waals surface area (Å²) in [6.45, 7) is 1.77. The van der Waals surface area contributed by atoms with Gasteiger partial charge in [-0.15, -0.1) is 0 Å². The van der Waals surface area contributed by atoms with Crippen molar-refractivity contribution >= 4 is 21.6 Å². The van der Waals surface area contributed by atoms with Crippen LogP contribution in [0, 0.1) is 17.0 Å². The maximum absolute atomic E-state index is 12.8. The van der Waals surface area contributed by atoms with E-state index in [1.54, 1.807) is 6.92 Å². The fraction of sp³-hybridized carbons (Fsp3) is 0.500. The summed E-state index contributed by atoms with van der Waals surface area (Å²) in [7, 11) is -2.51. The van der Waals surface area contributed by atoms with Gasteiger partial charge in [0.15, 0.2) is 0 Å². The van der Waals surface area contributed by atoms with Crippen LogP contribution in [-0.2, 0) is 14.8 Å². The van der Waals surface area contributed by atoms with Crippen molar-refractivity contribution in [2.24, 2.45) is 0 Å². The molecule has 1 fully saturated rings. The molecule has 1 heterocycles. The first kappa shape index (κ1) is 17.4. The molecule has 2 rings (SSSR count). The van der Waals surface area contributed by atoms with E-state index in [-0.39, 0.29) is 23.0 Å². The number of hydrogen-bond acceptors (Lipinski definition) is 5. The molecule has 1 N–H and O–H groups in total. The molecule has 1 aromatic rings. The Morgan fingerprint density at radius 2 is 2.09 bits per heavy atom. The van der Waals surface area contributed by atoms with Crippen LogP contribution < -0.4 is 5.32 Å². The van der Waals surface area contributed by atoms with Crippen molar-refractivity contribution in [2.75, 3.05) is 13.6 Å². The van der Waals surface area contributed by atoms with Crippen LogP contribution in [0.2, 0.25) is 0 Å². The minimum Gasteiger partial charge on any atom is -0.358 e. The molecule has 1 amide bonds. The summed E-state index contributed by atoms with van der Waals surface area (Å²) >= 11 is 0. The lowest BCUT2D eigenvalue weighted by Crippen LogP contribution is -2.51. The molecule has 0 spiro atoms. The Kier molecular flexibility index (Phi) is 5.00. The van der Waals surface area contributed by atoms with Gasteiger partial charge in [0.1, 0.15) is 6.04 Å². The minimum absolute atomic E-state index is 0.161. The standard InChI is InChI=1S/C14H19N3O5S/c1-10-6-7-11(9-13(10)17(19)20)23(21,22)16-8-4-3-5-12(16)14(18)15-2/h6-7,9,12H,3-5,8H2,1-2H3,(H,15,18)/t12-/m0/s1.